The lowest BCUT2D eigenvalue weighted by Gasteiger charge is -2.13. The Hall–Kier alpha value is -2.63. The number of rotatable bonds is 6. The topological polar surface area (TPSA) is 63.2 Å². The van der Waals surface area contributed by atoms with Crippen molar-refractivity contribution in [2.45, 2.75) is 26.8 Å². The van der Waals surface area contributed by atoms with Gasteiger partial charge in [0.15, 0.2) is 0 Å². The molecule has 6 heteroatoms. The van der Waals surface area contributed by atoms with Crippen LogP contribution in [0.5, 0.6) is 5.75 Å². The zero-order chi connectivity index (χ0) is 17.5. The predicted octanol–water partition coefficient (Wildman–Crippen LogP) is 2.89. The Bertz CT molecular complexity index is 719. The summed E-state index contributed by atoms with van der Waals surface area (Å²) < 4.78 is 18.8. The molecular weight excluding hydrogens is 309 g/mol. The highest BCUT2D eigenvalue weighted by molar-refractivity contribution is 5.73. The normalized spacial score (nSPS) is 10.3. The molecule has 1 aromatic carbocycles. The Morgan fingerprint density at radius 2 is 2.00 bits per heavy atom. The molecule has 0 aliphatic heterocycles. The third-order valence-corrected chi connectivity index (χ3v) is 3.80. The highest BCUT2D eigenvalue weighted by Crippen LogP contribution is 2.23. The number of hydrogen-bond acceptors (Lipinski definition) is 3. The van der Waals surface area contributed by atoms with Gasteiger partial charge >= 0.3 is 6.03 Å². The molecule has 0 atom stereocenters. The quantitative estimate of drug-likeness (QED) is 0.855. The molecule has 2 rings (SSSR count). The van der Waals surface area contributed by atoms with Crippen molar-refractivity contribution >= 4 is 6.03 Å². The summed E-state index contributed by atoms with van der Waals surface area (Å²) in [6.07, 6.45) is 2.16. The van der Waals surface area contributed by atoms with E-state index in [4.69, 9.17) is 4.74 Å². The van der Waals surface area contributed by atoms with E-state index in [1.807, 2.05) is 13.8 Å². The van der Waals surface area contributed by atoms with Crippen molar-refractivity contribution in [3.05, 3.63) is 58.7 Å². The van der Waals surface area contributed by atoms with Crippen molar-refractivity contribution in [1.82, 2.24) is 15.6 Å². The molecule has 5 nitrogen and oxygen atoms in total. The Balaban J connectivity index is 1.82. The molecule has 0 unspecified atom stereocenters. The Morgan fingerprint density at radius 3 is 2.71 bits per heavy atom. The maximum absolute atomic E-state index is 13.5. The van der Waals surface area contributed by atoms with Gasteiger partial charge in [0.1, 0.15) is 11.6 Å². The summed E-state index contributed by atoms with van der Waals surface area (Å²) in [7, 11) is 1.61. The molecule has 1 heterocycles. The van der Waals surface area contributed by atoms with Gasteiger partial charge in [-0.1, -0.05) is 18.2 Å². The Morgan fingerprint density at radius 1 is 1.25 bits per heavy atom. The van der Waals surface area contributed by atoms with Crippen molar-refractivity contribution in [2.75, 3.05) is 13.7 Å². The van der Waals surface area contributed by atoms with Gasteiger partial charge in [-0.05, 0) is 31.9 Å². The third-order valence-electron chi connectivity index (χ3n) is 3.80. The predicted molar refractivity (Wildman–Crippen MR) is 90.6 cm³/mol. The molecule has 2 amide bonds. The molecule has 0 aliphatic rings. The SMILES string of the molecule is COc1c(C)cnc(CNC(=O)NCCc2ccccc2F)c1C. The summed E-state index contributed by atoms with van der Waals surface area (Å²) in [6, 6.07) is 6.23. The van der Waals surface area contributed by atoms with E-state index in [1.165, 1.54) is 6.07 Å². The fourth-order valence-corrected chi connectivity index (χ4v) is 2.49. The van der Waals surface area contributed by atoms with Crippen LogP contribution in [0.15, 0.2) is 30.5 Å². The molecule has 0 spiro atoms. The van der Waals surface area contributed by atoms with Crippen LogP contribution in [-0.4, -0.2) is 24.7 Å². The van der Waals surface area contributed by atoms with Crippen LogP contribution in [0.2, 0.25) is 0 Å². The van der Waals surface area contributed by atoms with E-state index in [-0.39, 0.29) is 11.8 Å². The van der Waals surface area contributed by atoms with Crippen LogP contribution in [0.25, 0.3) is 0 Å². The number of amides is 2. The zero-order valence-electron chi connectivity index (χ0n) is 14.1. The van der Waals surface area contributed by atoms with E-state index in [0.29, 0.717) is 25.1 Å². The number of aromatic nitrogens is 1. The lowest BCUT2D eigenvalue weighted by Crippen LogP contribution is -2.36. The summed E-state index contributed by atoms with van der Waals surface area (Å²) in [6.45, 7) is 4.49. The van der Waals surface area contributed by atoms with Crippen molar-refractivity contribution in [3.8, 4) is 5.75 Å². The first-order valence-corrected chi connectivity index (χ1v) is 7.77. The van der Waals surface area contributed by atoms with Crippen molar-refractivity contribution < 1.29 is 13.9 Å². The third kappa shape index (κ3) is 4.44. The van der Waals surface area contributed by atoms with Gasteiger partial charge in [0.2, 0.25) is 0 Å². The first kappa shape index (κ1) is 17.7. The number of hydrogen-bond donors (Lipinski definition) is 2. The van der Waals surface area contributed by atoms with Gasteiger partial charge in [0.25, 0.3) is 0 Å². The molecule has 0 saturated carbocycles. The van der Waals surface area contributed by atoms with Gasteiger partial charge in [0.05, 0.1) is 19.3 Å². The highest BCUT2D eigenvalue weighted by Gasteiger charge is 2.10. The minimum atomic E-state index is -0.313. The molecule has 128 valence electrons. The van der Waals surface area contributed by atoms with Crippen LogP contribution in [0.1, 0.15) is 22.4 Å². The van der Waals surface area contributed by atoms with Crippen LogP contribution in [-0.2, 0) is 13.0 Å². The van der Waals surface area contributed by atoms with E-state index >= 15 is 0 Å². The van der Waals surface area contributed by atoms with Gasteiger partial charge in [-0.15, -0.1) is 0 Å². The second-order valence-corrected chi connectivity index (χ2v) is 5.50. The lowest BCUT2D eigenvalue weighted by molar-refractivity contribution is 0.240. The van der Waals surface area contributed by atoms with Crippen molar-refractivity contribution in [2.24, 2.45) is 0 Å². The van der Waals surface area contributed by atoms with E-state index < -0.39 is 0 Å². The Kier molecular flexibility index (Phi) is 6.12. The Labute approximate surface area is 141 Å². The molecule has 0 bridgehead atoms. The maximum atomic E-state index is 13.5. The smallest absolute Gasteiger partial charge is 0.315 e. The molecule has 0 radical (unpaired) electrons. The fourth-order valence-electron chi connectivity index (χ4n) is 2.49. The van der Waals surface area contributed by atoms with Gasteiger partial charge in [-0.25, -0.2) is 9.18 Å². The van der Waals surface area contributed by atoms with Crippen molar-refractivity contribution in [1.29, 1.82) is 0 Å². The number of benzene rings is 1. The number of ether oxygens (including phenoxy) is 1. The number of urea groups is 1. The molecule has 0 saturated heterocycles. The minimum absolute atomic E-state index is 0.258. The first-order valence-electron chi connectivity index (χ1n) is 7.77. The maximum Gasteiger partial charge on any atom is 0.315 e. The number of carbonyl (C=O) groups excluding carboxylic acids is 1. The number of nitrogens with zero attached hydrogens (tertiary/aromatic N) is 1. The number of methoxy groups -OCH3 is 1. The number of pyridine rings is 1. The van der Waals surface area contributed by atoms with E-state index in [9.17, 15) is 9.18 Å². The number of halogens is 1. The largest absolute Gasteiger partial charge is 0.496 e. The van der Waals surface area contributed by atoms with Crippen LogP contribution >= 0.6 is 0 Å². The second kappa shape index (κ2) is 8.29. The average Bonchev–Trinajstić information content (AvgIpc) is 2.56. The summed E-state index contributed by atoms with van der Waals surface area (Å²) in [4.78, 5) is 16.2. The monoisotopic (exact) mass is 331 g/mol. The molecule has 0 aliphatic carbocycles. The molecular formula is C18H22FN3O2. The fraction of sp³-hybridized carbons (Fsp3) is 0.333. The molecule has 2 N–H and O–H groups in total. The molecule has 2 aromatic rings. The molecule has 24 heavy (non-hydrogen) atoms. The minimum Gasteiger partial charge on any atom is -0.496 e. The number of nitrogens with one attached hydrogen (secondary N) is 2. The van der Waals surface area contributed by atoms with Crippen molar-refractivity contribution in [3.63, 3.8) is 0 Å². The highest BCUT2D eigenvalue weighted by atomic mass is 19.1. The summed E-state index contributed by atoms with van der Waals surface area (Å²) in [5.41, 5.74) is 3.19. The van der Waals surface area contributed by atoms with Crippen LogP contribution in [0.4, 0.5) is 9.18 Å². The molecule has 1 aromatic heterocycles. The molecule has 0 fully saturated rings. The van der Waals surface area contributed by atoms with Gasteiger partial charge in [-0.2, -0.15) is 0 Å². The second-order valence-electron chi connectivity index (χ2n) is 5.50. The van der Waals surface area contributed by atoms with Crippen LogP contribution in [0, 0.1) is 19.7 Å². The van der Waals surface area contributed by atoms with Crippen LogP contribution < -0.4 is 15.4 Å². The average molecular weight is 331 g/mol. The van der Waals surface area contributed by atoms with E-state index in [0.717, 1.165) is 22.6 Å². The van der Waals surface area contributed by atoms with Crippen LogP contribution in [0.3, 0.4) is 0 Å². The summed E-state index contributed by atoms with van der Waals surface area (Å²) in [5.74, 6) is 0.521. The van der Waals surface area contributed by atoms with Gasteiger partial charge in [0, 0.05) is 23.9 Å². The summed E-state index contributed by atoms with van der Waals surface area (Å²) >= 11 is 0. The number of carbonyl (C=O) groups is 1. The number of aryl methyl sites for hydroxylation is 1. The van der Waals surface area contributed by atoms with Gasteiger partial charge in [-0.3, -0.25) is 4.98 Å². The lowest BCUT2D eigenvalue weighted by atomic mass is 10.1. The van der Waals surface area contributed by atoms with Gasteiger partial charge < -0.3 is 15.4 Å². The van der Waals surface area contributed by atoms with E-state index in [1.54, 1.807) is 31.5 Å². The zero-order valence-corrected chi connectivity index (χ0v) is 14.1. The summed E-state index contributed by atoms with van der Waals surface area (Å²) in [5, 5.41) is 5.46. The van der Waals surface area contributed by atoms with E-state index in [2.05, 4.69) is 15.6 Å². The first-order chi connectivity index (χ1) is 11.5. The standard InChI is InChI=1S/C18H22FN3O2/c1-12-10-21-16(13(2)17(12)24-3)11-22-18(23)20-9-8-14-6-4-5-7-15(14)19/h4-7,10H,8-9,11H2,1-3H3,(H2,20,22,23).